The number of benzene rings is 3. The molecular formula is C32H32N6O2S. The number of fused-ring (bicyclic) bond motifs is 1. The number of nitrogens with zero attached hydrogens (tertiary/aromatic N) is 2. The molecule has 0 spiro atoms. The van der Waals surface area contributed by atoms with Gasteiger partial charge in [-0.15, -0.1) is 11.3 Å². The van der Waals surface area contributed by atoms with Crippen LogP contribution in [0.2, 0.25) is 0 Å². The van der Waals surface area contributed by atoms with Gasteiger partial charge < -0.3 is 26.6 Å². The second-order valence-electron chi connectivity index (χ2n) is 10.1. The molecule has 9 heteroatoms. The van der Waals surface area contributed by atoms with E-state index in [9.17, 15) is 9.59 Å². The Balaban J connectivity index is 1.32. The number of carbonyl (C=O) groups excluding carboxylic acids is 2. The van der Waals surface area contributed by atoms with Crippen molar-refractivity contribution in [2.75, 3.05) is 42.3 Å². The van der Waals surface area contributed by atoms with Gasteiger partial charge in [0.05, 0.1) is 0 Å². The summed E-state index contributed by atoms with van der Waals surface area (Å²) >= 11 is 1.61. The number of thiophene rings is 1. The first kappa shape index (κ1) is 27.8. The molecule has 0 unspecified atom stereocenters. The molecule has 5 N–H and O–H groups in total. The minimum absolute atomic E-state index is 0.0148. The smallest absolute Gasteiger partial charge is 0.323 e. The summed E-state index contributed by atoms with van der Waals surface area (Å²) in [7, 11) is 3.89. The Bertz CT molecular complexity index is 1690. The molecule has 0 aliphatic carbocycles. The summed E-state index contributed by atoms with van der Waals surface area (Å²) in [6.45, 7) is 2.68. The monoisotopic (exact) mass is 564 g/mol. The van der Waals surface area contributed by atoms with Gasteiger partial charge in [0.1, 0.15) is 5.82 Å². The van der Waals surface area contributed by atoms with Gasteiger partial charge in [0.15, 0.2) is 0 Å². The fourth-order valence-corrected chi connectivity index (χ4v) is 5.64. The minimum atomic E-state index is -0.304. The number of nitrogens with one attached hydrogen (secondary N) is 3. The highest BCUT2D eigenvalue weighted by atomic mass is 32.1. The molecule has 2 aromatic heterocycles. The largest absolute Gasteiger partial charge is 0.383 e. The number of carbonyl (C=O) groups is 2. The predicted octanol–water partition coefficient (Wildman–Crippen LogP) is 7.06. The standard InChI is InChI=1S/C32H32N6O2S/c1-20-5-4-6-25(17-20)37-32(40)36-24-13-9-22(10-14-24)27-19-41-30-26(18-34-31(33)29(27)30)21-7-11-23(12-8-21)35-28(39)15-16-38(2)3/h4-14,17-19H,15-16H2,1-3H3,(H2,33,34)(H,35,39)(H2,36,37,40). The van der Waals surface area contributed by atoms with Crippen LogP contribution in [0.4, 0.5) is 27.7 Å². The normalized spacial score (nSPS) is 11.0. The molecule has 208 valence electrons. The molecule has 0 atom stereocenters. The van der Waals surface area contributed by atoms with E-state index in [-0.39, 0.29) is 11.9 Å². The topological polar surface area (TPSA) is 112 Å². The first-order valence-corrected chi connectivity index (χ1v) is 14.1. The second kappa shape index (κ2) is 12.2. The van der Waals surface area contributed by atoms with E-state index in [1.54, 1.807) is 17.5 Å². The lowest BCUT2D eigenvalue weighted by atomic mass is 10.0. The minimum Gasteiger partial charge on any atom is -0.383 e. The molecule has 2 heterocycles. The van der Waals surface area contributed by atoms with Crippen molar-refractivity contribution in [2.24, 2.45) is 0 Å². The Morgan fingerprint density at radius 1 is 0.854 bits per heavy atom. The van der Waals surface area contributed by atoms with E-state index in [0.29, 0.717) is 24.5 Å². The molecule has 5 rings (SSSR count). The zero-order chi connectivity index (χ0) is 28.9. The number of urea groups is 1. The molecular weight excluding hydrogens is 532 g/mol. The van der Waals surface area contributed by atoms with Crippen molar-refractivity contribution in [3.63, 3.8) is 0 Å². The van der Waals surface area contributed by atoms with Crippen LogP contribution in [0.15, 0.2) is 84.4 Å². The van der Waals surface area contributed by atoms with Gasteiger partial charge in [-0.05, 0) is 79.5 Å². The Morgan fingerprint density at radius 2 is 1.49 bits per heavy atom. The van der Waals surface area contributed by atoms with Crippen molar-refractivity contribution in [2.45, 2.75) is 13.3 Å². The van der Waals surface area contributed by atoms with Gasteiger partial charge >= 0.3 is 6.03 Å². The highest BCUT2D eigenvalue weighted by molar-refractivity contribution is 7.18. The van der Waals surface area contributed by atoms with E-state index in [1.165, 1.54) is 0 Å². The number of aryl methyl sites for hydroxylation is 1. The van der Waals surface area contributed by atoms with E-state index in [4.69, 9.17) is 5.73 Å². The molecule has 3 aromatic carbocycles. The molecule has 0 saturated heterocycles. The van der Waals surface area contributed by atoms with Gasteiger partial charge in [-0.25, -0.2) is 9.78 Å². The highest BCUT2D eigenvalue weighted by Gasteiger charge is 2.16. The number of amides is 3. The zero-order valence-electron chi connectivity index (χ0n) is 23.2. The van der Waals surface area contributed by atoms with Gasteiger partial charge in [0.25, 0.3) is 0 Å². The number of nitrogens with two attached hydrogens (primary N) is 1. The number of rotatable bonds is 8. The van der Waals surface area contributed by atoms with Gasteiger partial charge in [0.2, 0.25) is 5.91 Å². The summed E-state index contributed by atoms with van der Waals surface area (Å²) in [5, 5.41) is 11.7. The van der Waals surface area contributed by atoms with Crippen molar-refractivity contribution in [3.05, 3.63) is 89.9 Å². The molecule has 0 aliphatic heterocycles. The molecule has 0 bridgehead atoms. The third-order valence-electron chi connectivity index (χ3n) is 6.62. The number of aromatic nitrogens is 1. The lowest BCUT2D eigenvalue weighted by molar-refractivity contribution is -0.116. The first-order chi connectivity index (χ1) is 19.8. The number of hydrogen-bond donors (Lipinski definition) is 4. The average Bonchev–Trinajstić information content (AvgIpc) is 3.39. The lowest BCUT2D eigenvalue weighted by Gasteiger charge is -2.11. The highest BCUT2D eigenvalue weighted by Crippen LogP contribution is 2.42. The summed E-state index contributed by atoms with van der Waals surface area (Å²) in [6.07, 6.45) is 2.23. The van der Waals surface area contributed by atoms with Crippen LogP contribution in [0.3, 0.4) is 0 Å². The Kier molecular flexibility index (Phi) is 8.28. The van der Waals surface area contributed by atoms with Crippen LogP contribution in [0.1, 0.15) is 12.0 Å². The summed E-state index contributed by atoms with van der Waals surface area (Å²) < 4.78 is 1.04. The maximum absolute atomic E-state index is 12.5. The van der Waals surface area contributed by atoms with Crippen LogP contribution < -0.4 is 21.7 Å². The van der Waals surface area contributed by atoms with Gasteiger partial charge in [0, 0.05) is 57.4 Å². The molecule has 0 radical (unpaired) electrons. The maximum atomic E-state index is 12.5. The summed E-state index contributed by atoms with van der Waals surface area (Å²) in [4.78, 5) is 31.1. The SMILES string of the molecule is Cc1cccc(NC(=O)Nc2ccc(-c3csc4c(-c5ccc(NC(=O)CCN(C)C)cc5)cnc(N)c34)cc2)c1. The number of anilines is 4. The van der Waals surface area contributed by atoms with Gasteiger partial charge in [-0.3, -0.25) is 4.79 Å². The van der Waals surface area contributed by atoms with E-state index < -0.39 is 0 Å². The van der Waals surface area contributed by atoms with Gasteiger partial charge in [-0.2, -0.15) is 0 Å². The first-order valence-electron chi connectivity index (χ1n) is 13.2. The van der Waals surface area contributed by atoms with Crippen molar-refractivity contribution in [1.29, 1.82) is 0 Å². The lowest BCUT2D eigenvalue weighted by Crippen LogP contribution is -2.20. The van der Waals surface area contributed by atoms with Crippen molar-refractivity contribution in [1.82, 2.24) is 9.88 Å². The van der Waals surface area contributed by atoms with Gasteiger partial charge in [-0.1, -0.05) is 36.4 Å². The maximum Gasteiger partial charge on any atom is 0.323 e. The van der Waals surface area contributed by atoms with Crippen LogP contribution in [-0.4, -0.2) is 42.5 Å². The van der Waals surface area contributed by atoms with E-state index in [1.807, 2.05) is 98.7 Å². The van der Waals surface area contributed by atoms with Crippen LogP contribution in [0.5, 0.6) is 0 Å². The van der Waals surface area contributed by atoms with Crippen LogP contribution in [-0.2, 0) is 4.79 Å². The number of nitrogen functional groups attached to an aromatic ring is 1. The molecule has 0 fully saturated rings. The van der Waals surface area contributed by atoms with Crippen molar-refractivity contribution in [3.8, 4) is 22.3 Å². The van der Waals surface area contributed by atoms with E-state index >= 15 is 0 Å². The molecule has 41 heavy (non-hydrogen) atoms. The zero-order valence-corrected chi connectivity index (χ0v) is 24.0. The molecule has 5 aromatic rings. The quantitative estimate of drug-likeness (QED) is 0.161. The molecule has 0 saturated carbocycles. The Morgan fingerprint density at radius 3 is 2.15 bits per heavy atom. The Labute approximate surface area is 243 Å². The number of hydrogen-bond acceptors (Lipinski definition) is 6. The third kappa shape index (κ3) is 6.71. The molecule has 3 amide bonds. The fraction of sp³-hybridized carbons (Fsp3) is 0.156. The van der Waals surface area contributed by atoms with E-state index in [0.717, 1.165) is 49.3 Å². The van der Waals surface area contributed by atoms with E-state index in [2.05, 4.69) is 26.3 Å². The third-order valence-corrected chi connectivity index (χ3v) is 7.63. The average molecular weight is 565 g/mol. The van der Waals surface area contributed by atoms with Crippen molar-refractivity contribution < 1.29 is 9.59 Å². The van der Waals surface area contributed by atoms with Crippen LogP contribution in [0.25, 0.3) is 32.3 Å². The summed E-state index contributed by atoms with van der Waals surface area (Å²) in [6, 6.07) is 22.8. The van der Waals surface area contributed by atoms with Crippen LogP contribution >= 0.6 is 11.3 Å². The van der Waals surface area contributed by atoms with Crippen LogP contribution in [0, 0.1) is 6.92 Å². The Hall–Kier alpha value is -4.73. The molecule has 8 nitrogen and oxygen atoms in total. The van der Waals surface area contributed by atoms with Crippen molar-refractivity contribution >= 4 is 56.2 Å². The fourth-order valence-electron chi connectivity index (χ4n) is 4.52. The second-order valence-corrected chi connectivity index (χ2v) is 11.0. The summed E-state index contributed by atoms with van der Waals surface area (Å²) in [5.74, 6) is 0.448. The molecule has 0 aliphatic rings. The number of pyridine rings is 1. The summed E-state index contributed by atoms with van der Waals surface area (Å²) in [5.41, 5.74) is 13.5. The predicted molar refractivity (Wildman–Crippen MR) is 171 cm³/mol.